The number of furan rings is 1. The van der Waals surface area contributed by atoms with Gasteiger partial charge in [0.2, 0.25) is 0 Å². The number of aromatic nitrogens is 1. The molecule has 0 aliphatic carbocycles. The molecule has 0 saturated carbocycles. The van der Waals surface area contributed by atoms with Gasteiger partial charge < -0.3 is 25.4 Å². The molecule has 4 rings (SSSR count). The lowest BCUT2D eigenvalue weighted by molar-refractivity contribution is -0.150. The number of nitrogens with zero attached hydrogens (tertiary/aromatic N) is 3. The molecule has 4 N–H and O–H groups in total. The number of aliphatic carboxylic acids is 1. The van der Waals surface area contributed by atoms with Crippen molar-refractivity contribution >= 4 is 68.6 Å². The fraction of sp³-hybridized carbons (Fsp3) is 0.300. The van der Waals surface area contributed by atoms with Gasteiger partial charge in [-0.3, -0.25) is 19.3 Å². The molecule has 15 heteroatoms. The standard InChI is InChI=1S/C19H17N5O7S3.CH4/c1-30-23-11(9-7-34-19(20)21-9)14(25)22-12-15(26)24-13(17(27)28)8(5-32-16(12)24)6-33-18(29)10-3-2-4-31-10;/h2-4,7,12,16H,5-6H2,1H3,(H2,20,21)(H,22,25)(H,27,28);1H4/b23-11-;. The van der Waals surface area contributed by atoms with E-state index in [1.807, 2.05) is 0 Å². The van der Waals surface area contributed by atoms with Crippen LogP contribution in [0.5, 0.6) is 0 Å². The summed E-state index contributed by atoms with van der Waals surface area (Å²) in [5.41, 5.74) is 5.89. The fourth-order valence-corrected chi connectivity index (χ4v) is 6.14. The summed E-state index contributed by atoms with van der Waals surface area (Å²) >= 11 is 3.29. The molecule has 0 radical (unpaired) electrons. The van der Waals surface area contributed by atoms with Crippen molar-refractivity contribution in [3.63, 3.8) is 0 Å². The molecular formula is C20H21N5O7S3. The number of thioether (sulfide) groups is 2. The first-order chi connectivity index (χ1) is 16.3. The van der Waals surface area contributed by atoms with Gasteiger partial charge in [-0.15, -0.1) is 23.1 Å². The molecule has 2 atom stereocenters. The van der Waals surface area contributed by atoms with Crippen LogP contribution in [0.3, 0.4) is 0 Å². The summed E-state index contributed by atoms with van der Waals surface area (Å²) in [6.45, 7) is 0. The number of nitrogens with one attached hydrogen (secondary N) is 1. The maximum absolute atomic E-state index is 12.8. The molecular weight excluding hydrogens is 518 g/mol. The highest BCUT2D eigenvalue weighted by Crippen LogP contribution is 2.41. The van der Waals surface area contributed by atoms with Gasteiger partial charge in [-0.25, -0.2) is 9.78 Å². The molecule has 2 amide bonds. The summed E-state index contributed by atoms with van der Waals surface area (Å²) in [5, 5.41) is 16.8. The van der Waals surface area contributed by atoms with E-state index in [0.29, 0.717) is 5.57 Å². The predicted octanol–water partition coefficient (Wildman–Crippen LogP) is 1.62. The van der Waals surface area contributed by atoms with Crippen molar-refractivity contribution in [3.05, 3.63) is 46.5 Å². The van der Waals surface area contributed by atoms with Crippen molar-refractivity contribution < 1.29 is 33.5 Å². The second kappa shape index (κ2) is 11.0. The van der Waals surface area contributed by atoms with Crippen LogP contribution < -0.4 is 11.1 Å². The van der Waals surface area contributed by atoms with Crippen LogP contribution in [0.15, 0.2) is 44.6 Å². The van der Waals surface area contributed by atoms with E-state index in [1.54, 1.807) is 6.07 Å². The molecule has 12 nitrogen and oxygen atoms in total. The van der Waals surface area contributed by atoms with Gasteiger partial charge in [0, 0.05) is 16.9 Å². The molecule has 2 aliphatic heterocycles. The number of nitrogens with two attached hydrogens (primary N) is 1. The average Bonchev–Trinajstić information content (AvgIpc) is 3.50. The summed E-state index contributed by atoms with van der Waals surface area (Å²) in [4.78, 5) is 59.6. The van der Waals surface area contributed by atoms with Crippen LogP contribution in [-0.4, -0.2) is 73.6 Å². The van der Waals surface area contributed by atoms with E-state index in [-0.39, 0.29) is 52.0 Å². The van der Waals surface area contributed by atoms with Crippen LogP contribution in [0.25, 0.3) is 0 Å². The number of fused-ring (bicyclic) bond motifs is 1. The first-order valence-corrected chi connectivity index (χ1v) is 12.5. The molecule has 2 aliphatic rings. The van der Waals surface area contributed by atoms with E-state index in [4.69, 9.17) is 15.0 Å². The van der Waals surface area contributed by atoms with Gasteiger partial charge in [-0.1, -0.05) is 24.3 Å². The molecule has 2 aromatic rings. The van der Waals surface area contributed by atoms with Crippen molar-refractivity contribution in [1.82, 2.24) is 15.2 Å². The molecule has 1 saturated heterocycles. The third kappa shape index (κ3) is 5.21. The Hall–Kier alpha value is -3.30. The smallest absolute Gasteiger partial charge is 0.352 e. The first-order valence-electron chi connectivity index (χ1n) is 9.55. The highest BCUT2D eigenvalue weighted by Gasteiger charge is 2.54. The SMILES string of the molecule is C.CO/N=C(\C(=O)NC1C(=O)N2C(C(=O)O)=C(CSC(=O)c3ccco3)CSC12)c1csc(N)n1. The maximum Gasteiger partial charge on any atom is 0.352 e. The van der Waals surface area contributed by atoms with E-state index in [9.17, 15) is 24.3 Å². The zero-order chi connectivity index (χ0) is 24.4. The summed E-state index contributed by atoms with van der Waals surface area (Å²) in [6, 6.07) is 2.13. The molecule has 2 aromatic heterocycles. The first kappa shape index (κ1) is 26.3. The van der Waals surface area contributed by atoms with Crippen LogP contribution in [0.1, 0.15) is 23.7 Å². The summed E-state index contributed by atoms with van der Waals surface area (Å²) in [5.74, 6) is -2.08. The Labute approximate surface area is 211 Å². The Morgan fingerprint density at radius 2 is 2.23 bits per heavy atom. The Morgan fingerprint density at radius 3 is 2.83 bits per heavy atom. The summed E-state index contributed by atoms with van der Waals surface area (Å²) < 4.78 is 5.05. The number of anilines is 1. The Morgan fingerprint density at radius 1 is 1.46 bits per heavy atom. The van der Waals surface area contributed by atoms with Gasteiger partial charge >= 0.3 is 5.97 Å². The third-order valence-corrected chi connectivity index (χ3v) is 7.77. The maximum atomic E-state index is 12.8. The quantitative estimate of drug-likeness (QED) is 0.252. The Balaban J connectivity index is 0.00000342. The minimum Gasteiger partial charge on any atom is -0.477 e. The number of nitrogen functional groups attached to an aromatic ring is 1. The monoisotopic (exact) mass is 539 g/mol. The van der Waals surface area contributed by atoms with E-state index in [1.165, 1.54) is 36.6 Å². The van der Waals surface area contributed by atoms with Crippen molar-refractivity contribution in [2.75, 3.05) is 24.3 Å². The van der Waals surface area contributed by atoms with Crippen molar-refractivity contribution in [2.45, 2.75) is 18.8 Å². The van der Waals surface area contributed by atoms with Gasteiger partial charge in [-0.2, -0.15) is 0 Å². The second-order valence-corrected chi connectivity index (χ2v) is 9.81. The van der Waals surface area contributed by atoms with Crippen LogP contribution in [0.4, 0.5) is 5.13 Å². The van der Waals surface area contributed by atoms with Crippen LogP contribution in [0, 0.1) is 0 Å². The molecule has 0 aromatic carbocycles. The lowest BCUT2D eigenvalue weighted by Gasteiger charge is -2.49. The van der Waals surface area contributed by atoms with Crippen molar-refractivity contribution in [3.8, 4) is 0 Å². The highest BCUT2D eigenvalue weighted by atomic mass is 32.2. The lowest BCUT2D eigenvalue weighted by Crippen LogP contribution is -2.71. The summed E-state index contributed by atoms with van der Waals surface area (Å²) in [7, 11) is 1.26. The number of β-lactam (4-membered cyclic amide) rings is 1. The number of thiazole rings is 1. The number of hydrogen-bond donors (Lipinski definition) is 3. The largest absolute Gasteiger partial charge is 0.477 e. The number of oxime groups is 1. The van der Waals surface area contributed by atoms with E-state index < -0.39 is 29.2 Å². The Kier molecular flexibility index (Phi) is 8.24. The van der Waals surface area contributed by atoms with Crippen LogP contribution >= 0.6 is 34.9 Å². The summed E-state index contributed by atoms with van der Waals surface area (Å²) in [6.07, 6.45) is 1.37. The molecule has 1 fully saturated rings. The van der Waals surface area contributed by atoms with Gasteiger partial charge in [0.1, 0.15) is 29.9 Å². The molecule has 0 spiro atoms. The zero-order valence-electron chi connectivity index (χ0n) is 17.4. The number of carboxylic acid groups (broad SMARTS) is 1. The highest BCUT2D eigenvalue weighted by molar-refractivity contribution is 8.14. The predicted molar refractivity (Wildman–Crippen MR) is 132 cm³/mol. The molecule has 2 unspecified atom stereocenters. The minimum absolute atomic E-state index is 0. The fourth-order valence-electron chi connectivity index (χ4n) is 3.31. The van der Waals surface area contributed by atoms with Gasteiger partial charge in [0.05, 0.1) is 6.26 Å². The van der Waals surface area contributed by atoms with Crippen molar-refractivity contribution in [2.24, 2.45) is 5.16 Å². The van der Waals surface area contributed by atoms with Crippen molar-refractivity contribution in [1.29, 1.82) is 0 Å². The molecule has 186 valence electrons. The average molecular weight is 540 g/mol. The van der Waals surface area contributed by atoms with Gasteiger partial charge in [0.15, 0.2) is 16.6 Å². The number of carbonyl (C=O) groups excluding carboxylic acids is 3. The number of carboxylic acids is 1. The molecule has 35 heavy (non-hydrogen) atoms. The number of carbonyl (C=O) groups is 4. The molecule has 4 heterocycles. The second-order valence-electron chi connectivity index (χ2n) is 6.87. The third-order valence-electron chi connectivity index (χ3n) is 4.80. The van der Waals surface area contributed by atoms with E-state index in [0.717, 1.165) is 28.0 Å². The minimum atomic E-state index is -1.29. The topological polar surface area (TPSA) is 177 Å². The number of amides is 2. The van der Waals surface area contributed by atoms with Gasteiger partial charge in [0.25, 0.3) is 16.9 Å². The van der Waals surface area contributed by atoms with Crippen LogP contribution in [0.2, 0.25) is 0 Å². The van der Waals surface area contributed by atoms with Gasteiger partial charge in [-0.05, 0) is 17.7 Å². The lowest BCUT2D eigenvalue weighted by atomic mass is 10.0. The van der Waals surface area contributed by atoms with E-state index in [2.05, 4.69) is 15.5 Å². The molecule has 0 bridgehead atoms. The normalized spacial score (nSPS) is 19.4. The number of rotatable bonds is 8. The van der Waals surface area contributed by atoms with E-state index >= 15 is 0 Å². The van der Waals surface area contributed by atoms with Crippen LogP contribution in [-0.2, 0) is 19.2 Å². The zero-order valence-corrected chi connectivity index (χ0v) is 19.9. The Bertz CT molecular complexity index is 1210. The number of hydrogen-bond acceptors (Lipinski definition) is 12.